The minimum absolute atomic E-state index is 0.124. The van der Waals surface area contributed by atoms with E-state index in [1.165, 1.54) is 38.5 Å². The van der Waals surface area contributed by atoms with Crippen molar-refractivity contribution in [3.05, 3.63) is 106 Å². The first-order valence-electron chi connectivity index (χ1n) is 13.2. The summed E-state index contributed by atoms with van der Waals surface area (Å²) in [4.78, 5) is 56.8. The summed E-state index contributed by atoms with van der Waals surface area (Å²) < 4.78 is 21.6. The third kappa shape index (κ3) is 8.16. The Bertz CT molecular complexity index is 1580. The molecule has 0 aliphatic rings. The second-order valence-corrected chi connectivity index (χ2v) is 9.38. The topological polar surface area (TPSA) is 171 Å². The molecule has 2 heterocycles. The first-order valence-corrected chi connectivity index (χ1v) is 13.2. The largest absolute Gasteiger partial charge is 0.487 e. The average Bonchev–Trinajstić information content (AvgIpc) is 3.02. The number of nitrogens with zero attached hydrogens (tertiary/aromatic N) is 2. The maximum atomic E-state index is 12.5. The molecule has 0 unspecified atom stereocenters. The Labute approximate surface area is 251 Å². The molecule has 0 saturated heterocycles. The van der Waals surface area contributed by atoms with Gasteiger partial charge in [-0.2, -0.15) is 0 Å². The van der Waals surface area contributed by atoms with Gasteiger partial charge in [0.15, 0.2) is 0 Å². The summed E-state index contributed by atoms with van der Waals surface area (Å²) in [6, 6.07) is 19.2. The number of carbonyl (C=O) groups excluding carboxylic acids is 2. The summed E-state index contributed by atoms with van der Waals surface area (Å²) in [5, 5.41) is 18.4. The van der Waals surface area contributed by atoms with Crippen LogP contribution in [0.15, 0.2) is 72.8 Å². The van der Waals surface area contributed by atoms with E-state index in [-0.39, 0.29) is 48.6 Å². The Morgan fingerprint density at radius 3 is 1.36 bits per heavy atom. The Morgan fingerprint density at radius 1 is 0.614 bits per heavy atom. The van der Waals surface area contributed by atoms with Crippen LogP contribution in [0.4, 0.5) is 0 Å². The third-order valence-corrected chi connectivity index (χ3v) is 6.24. The summed E-state index contributed by atoms with van der Waals surface area (Å²) in [5.74, 6) is -2.65. The molecule has 2 aromatic carbocycles. The molecular weight excluding hydrogens is 572 g/mol. The van der Waals surface area contributed by atoms with Gasteiger partial charge in [-0.05, 0) is 36.4 Å². The number of hydrogen-bond acceptors (Lipinski definition) is 10. The average molecular weight is 601 g/mol. The van der Waals surface area contributed by atoms with Gasteiger partial charge in [-0.15, -0.1) is 0 Å². The summed E-state index contributed by atoms with van der Waals surface area (Å²) in [6.07, 6.45) is -0.486. The van der Waals surface area contributed by atoms with Crippen molar-refractivity contribution >= 4 is 23.9 Å². The quantitative estimate of drug-likeness (QED) is 0.211. The number of hydrogen-bond donors (Lipinski definition) is 2. The normalized spacial score (nSPS) is 10.5. The van der Waals surface area contributed by atoms with Crippen molar-refractivity contribution in [1.82, 2.24) is 9.97 Å². The van der Waals surface area contributed by atoms with Crippen LogP contribution in [0.5, 0.6) is 11.5 Å². The Balaban J connectivity index is 1.70. The van der Waals surface area contributed by atoms with Gasteiger partial charge >= 0.3 is 23.9 Å². The molecule has 12 nitrogen and oxygen atoms in total. The van der Waals surface area contributed by atoms with Crippen LogP contribution in [0.3, 0.4) is 0 Å². The van der Waals surface area contributed by atoms with E-state index >= 15 is 0 Å². The lowest BCUT2D eigenvalue weighted by atomic mass is 10.1. The number of ether oxygens (including phenoxy) is 4. The van der Waals surface area contributed by atoms with Crippen molar-refractivity contribution in [3.8, 4) is 22.9 Å². The number of aromatic nitrogens is 2. The molecule has 226 valence electrons. The Hall–Kier alpha value is -5.78. The Kier molecular flexibility index (Phi) is 10.2. The highest BCUT2D eigenvalue weighted by molar-refractivity contribution is 5.92. The van der Waals surface area contributed by atoms with E-state index in [9.17, 15) is 29.4 Å². The number of benzene rings is 2. The number of carboxylic acid groups (broad SMARTS) is 2. The van der Waals surface area contributed by atoms with Crippen molar-refractivity contribution in [3.63, 3.8) is 0 Å². The van der Waals surface area contributed by atoms with E-state index < -0.39 is 23.9 Å². The van der Waals surface area contributed by atoms with Crippen LogP contribution in [0.25, 0.3) is 11.4 Å². The fraction of sp³-hybridized carbons (Fsp3) is 0.188. The second-order valence-electron chi connectivity index (χ2n) is 9.38. The molecule has 4 rings (SSSR count). The maximum Gasteiger partial charge on any atom is 0.337 e. The standard InChI is InChI=1S/C32H28N2O10/c1-41-31(39)21-11-23(17-43-27-9-5-3-7-19(27)15-29(35)36)33-25(13-21)26-14-22(32(40)42-2)12-24(34-26)18-44-28-10-6-4-8-20(28)16-30(37)38/h3-14H,15-18H2,1-2H3,(H,35,36)(H,37,38). The molecule has 44 heavy (non-hydrogen) atoms. The van der Waals surface area contributed by atoms with Gasteiger partial charge in [0.25, 0.3) is 0 Å². The second kappa shape index (κ2) is 14.4. The number of carbonyl (C=O) groups is 4. The summed E-state index contributed by atoms with van der Waals surface area (Å²) in [6.45, 7) is -0.247. The molecule has 2 N–H and O–H groups in total. The van der Waals surface area contributed by atoms with E-state index in [4.69, 9.17) is 18.9 Å². The highest BCUT2D eigenvalue weighted by atomic mass is 16.5. The fourth-order valence-corrected chi connectivity index (χ4v) is 4.27. The predicted octanol–water partition coefficient (Wildman–Crippen LogP) is 4.13. The zero-order chi connectivity index (χ0) is 31.6. The number of esters is 2. The van der Waals surface area contributed by atoms with Crippen LogP contribution in [-0.2, 0) is 45.1 Å². The molecule has 0 atom stereocenters. The fourth-order valence-electron chi connectivity index (χ4n) is 4.27. The van der Waals surface area contributed by atoms with Gasteiger partial charge in [0.05, 0.1) is 61.0 Å². The lowest BCUT2D eigenvalue weighted by Gasteiger charge is -2.14. The van der Waals surface area contributed by atoms with Gasteiger partial charge < -0.3 is 29.2 Å². The highest BCUT2D eigenvalue weighted by Gasteiger charge is 2.18. The molecule has 0 radical (unpaired) electrons. The van der Waals surface area contributed by atoms with Gasteiger partial charge in [-0.1, -0.05) is 36.4 Å². The molecule has 12 heteroatoms. The predicted molar refractivity (Wildman–Crippen MR) is 154 cm³/mol. The number of para-hydroxylation sites is 2. The zero-order valence-electron chi connectivity index (χ0n) is 23.8. The van der Waals surface area contributed by atoms with Crippen LogP contribution in [0.1, 0.15) is 43.2 Å². The van der Waals surface area contributed by atoms with Crippen molar-refractivity contribution in [2.45, 2.75) is 26.1 Å². The molecule has 0 amide bonds. The lowest BCUT2D eigenvalue weighted by Crippen LogP contribution is -2.10. The smallest absolute Gasteiger partial charge is 0.337 e. The number of rotatable bonds is 13. The number of carboxylic acids is 2. The van der Waals surface area contributed by atoms with E-state index in [2.05, 4.69) is 9.97 Å². The molecule has 2 aromatic heterocycles. The molecule has 0 spiro atoms. The van der Waals surface area contributed by atoms with Gasteiger partial charge in [0.1, 0.15) is 24.7 Å². The minimum atomic E-state index is -1.02. The maximum absolute atomic E-state index is 12.5. The van der Waals surface area contributed by atoms with Gasteiger partial charge in [-0.3, -0.25) is 9.59 Å². The van der Waals surface area contributed by atoms with E-state index in [0.29, 0.717) is 34.0 Å². The summed E-state index contributed by atoms with van der Waals surface area (Å²) in [7, 11) is 2.46. The van der Waals surface area contributed by atoms with Crippen molar-refractivity contribution in [1.29, 1.82) is 0 Å². The number of methoxy groups -OCH3 is 2. The van der Waals surface area contributed by atoms with Gasteiger partial charge in [0, 0.05) is 11.1 Å². The molecule has 0 fully saturated rings. The SMILES string of the molecule is COC(=O)c1cc(COc2ccccc2CC(=O)O)nc(-c2cc(C(=O)OC)cc(COc3ccccc3CC(=O)O)n2)c1. The van der Waals surface area contributed by atoms with Crippen LogP contribution >= 0.6 is 0 Å². The van der Waals surface area contributed by atoms with Crippen molar-refractivity contribution in [2.75, 3.05) is 14.2 Å². The van der Waals surface area contributed by atoms with E-state index in [1.807, 2.05) is 0 Å². The van der Waals surface area contributed by atoms with Crippen LogP contribution in [0, 0.1) is 0 Å². The minimum Gasteiger partial charge on any atom is -0.487 e. The molecule has 0 saturated carbocycles. The van der Waals surface area contributed by atoms with Crippen LogP contribution in [-0.4, -0.2) is 58.3 Å². The van der Waals surface area contributed by atoms with Crippen molar-refractivity contribution in [2.24, 2.45) is 0 Å². The van der Waals surface area contributed by atoms with E-state index in [1.54, 1.807) is 48.5 Å². The van der Waals surface area contributed by atoms with Gasteiger partial charge in [-0.25, -0.2) is 19.6 Å². The number of pyridine rings is 2. The molecular formula is C32H28N2O10. The summed E-state index contributed by atoms with van der Waals surface area (Å²) in [5.41, 5.74) is 2.24. The van der Waals surface area contributed by atoms with E-state index in [0.717, 1.165) is 0 Å². The Morgan fingerprint density at radius 2 is 1.00 bits per heavy atom. The number of aliphatic carboxylic acids is 2. The highest BCUT2D eigenvalue weighted by Crippen LogP contribution is 2.25. The first-order chi connectivity index (χ1) is 21.2. The monoisotopic (exact) mass is 600 g/mol. The first kappa shape index (κ1) is 31.2. The zero-order valence-corrected chi connectivity index (χ0v) is 23.8. The molecule has 0 bridgehead atoms. The van der Waals surface area contributed by atoms with Gasteiger partial charge in [0.2, 0.25) is 0 Å². The summed E-state index contributed by atoms with van der Waals surface area (Å²) >= 11 is 0. The van der Waals surface area contributed by atoms with Crippen LogP contribution < -0.4 is 9.47 Å². The third-order valence-electron chi connectivity index (χ3n) is 6.24. The molecule has 0 aliphatic heterocycles. The van der Waals surface area contributed by atoms with Crippen LogP contribution in [0.2, 0.25) is 0 Å². The molecule has 0 aliphatic carbocycles. The lowest BCUT2D eigenvalue weighted by molar-refractivity contribution is -0.137. The molecule has 4 aromatic rings. The van der Waals surface area contributed by atoms with Crippen molar-refractivity contribution < 1.29 is 48.3 Å².